The molecule has 2 rings (SSSR count). The fourth-order valence-corrected chi connectivity index (χ4v) is 9.97. The maximum Gasteiger partial charge on any atom is 0.269 e. The molecule has 1 aromatic rings. The second kappa shape index (κ2) is 55.7. The minimum absolute atomic E-state index is 0. The summed E-state index contributed by atoms with van der Waals surface area (Å²) in [7, 11) is 4.06. The predicted molar refractivity (Wildman–Crippen MR) is 262 cm³/mol. The molecule has 1 heterocycles. The quantitative estimate of drug-likeness (QED) is 0.0443. The van der Waals surface area contributed by atoms with Gasteiger partial charge in [0.1, 0.15) is 0 Å². The van der Waals surface area contributed by atoms with Crippen molar-refractivity contribution in [2.45, 2.75) is 114 Å². The van der Waals surface area contributed by atoms with Crippen molar-refractivity contribution in [2.75, 3.05) is 93.6 Å². The van der Waals surface area contributed by atoms with E-state index in [9.17, 15) is 10.1 Å². The number of nitrogens with one attached hydrogen (secondary N) is 1. The van der Waals surface area contributed by atoms with E-state index in [1.165, 1.54) is 164 Å². The molecule has 4 nitrogen and oxygen atoms in total. The normalized spacial score (nSPS) is 11.8. The van der Waals surface area contributed by atoms with Gasteiger partial charge in [0.25, 0.3) is 5.69 Å². The van der Waals surface area contributed by atoms with Gasteiger partial charge in [-0.2, -0.15) is 70.6 Å². The fraction of sp³-hybridized carbons (Fsp3) is 0.846. The summed E-state index contributed by atoms with van der Waals surface area (Å²) in [6.07, 6.45) is 12.9. The highest BCUT2D eigenvalue weighted by atomic mass is 33.1. The average molecular weight is 866 g/mol. The van der Waals surface area contributed by atoms with E-state index < -0.39 is 4.92 Å². The molecule has 1 N–H and O–H groups in total. The van der Waals surface area contributed by atoms with Crippen LogP contribution in [0.1, 0.15) is 112 Å². The second-order valence-corrected chi connectivity index (χ2v) is 21.9. The van der Waals surface area contributed by atoms with Crippen molar-refractivity contribution in [1.82, 2.24) is 5.32 Å². The number of nitro groups is 1. The molecule has 0 spiro atoms. The standard InChI is InChI=1S/2C9H20S2.C8H19NS2.C7H7NO2.C5H10S2.CH4/c2*1-3-10-8-6-5-7-9-11-4-2;1-3-10-7-5-9-6-8-11-4-2;1-6-2-4-7(5-3-6)8(9)10;1-2-4-6-7-5-3-1;/h2*3-9H2,1-2H3;9H,3-8H2,1-2H3;2-5H,1H3;1-5H2;1H4. The number of nitro benzene ring substituents is 1. The Bertz CT molecular complexity index is 666. The molecule has 1 aliphatic rings. The number of hydrogen-bond acceptors (Lipinski definition) is 11. The Labute approximate surface area is 352 Å². The molecule has 1 fully saturated rings. The molecule has 0 saturated carbocycles. The second-order valence-electron chi connectivity index (χ2n) is 10.9. The van der Waals surface area contributed by atoms with Gasteiger partial charge in [-0.05, 0) is 103 Å². The summed E-state index contributed by atoms with van der Waals surface area (Å²) >= 11 is 12.3. The largest absolute Gasteiger partial charge is 0.315 e. The molecular weight excluding hydrogens is 785 g/mol. The van der Waals surface area contributed by atoms with Crippen LogP contribution in [0.4, 0.5) is 5.69 Å². The molecule has 0 bridgehead atoms. The van der Waals surface area contributed by atoms with Crippen LogP contribution in [0.3, 0.4) is 0 Å². The molecule has 51 heavy (non-hydrogen) atoms. The zero-order valence-electron chi connectivity index (χ0n) is 33.0. The Morgan fingerprint density at radius 3 is 1.22 bits per heavy atom. The van der Waals surface area contributed by atoms with Gasteiger partial charge in [-0.1, -0.05) is 108 Å². The fourth-order valence-electron chi connectivity index (χ4n) is 3.73. The summed E-state index contributed by atoms with van der Waals surface area (Å²) in [5, 5.41) is 13.5. The van der Waals surface area contributed by atoms with Gasteiger partial charge in [0.05, 0.1) is 4.92 Å². The number of hydrogen-bond donors (Lipinski definition) is 1. The number of aryl methyl sites for hydroxylation is 1. The molecule has 0 amide bonds. The monoisotopic (exact) mass is 864 g/mol. The van der Waals surface area contributed by atoms with Crippen LogP contribution in [0.2, 0.25) is 0 Å². The van der Waals surface area contributed by atoms with E-state index in [1.54, 1.807) is 12.1 Å². The lowest BCUT2D eigenvalue weighted by molar-refractivity contribution is -0.384. The minimum atomic E-state index is -0.403. The molecule has 0 aromatic heterocycles. The number of benzene rings is 1. The van der Waals surface area contributed by atoms with E-state index in [0.29, 0.717) is 0 Å². The Morgan fingerprint density at radius 1 is 0.569 bits per heavy atom. The third kappa shape index (κ3) is 58.2. The Hall–Kier alpha value is 1.38. The number of thioether (sulfide) groups is 6. The summed E-state index contributed by atoms with van der Waals surface area (Å²) in [5.41, 5.74) is 1.18. The third-order valence-electron chi connectivity index (χ3n) is 6.51. The third-order valence-corrected chi connectivity index (χ3v) is 14.8. The number of non-ortho nitro benzene ring substituents is 1. The molecule has 0 radical (unpaired) electrons. The van der Waals surface area contributed by atoms with Crippen LogP contribution in [-0.4, -0.2) is 98.6 Å². The molecule has 1 saturated heterocycles. The van der Waals surface area contributed by atoms with Crippen molar-refractivity contribution in [3.63, 3.8) is 0 Å². The highest BCUT2D eigenvalue weighted by Crippen LogP contribution is 2.27. The number of nitrogens with zero attached hydrogens (tertiary/aromatic N) is 1. The topological polar surface area (TPSA) is 55.2 Å². The number of rotatable bonds is 25. The van der Waals surface area contributed by atoms with Crippen molar-refractivity contribution in [1.29, 1.82) is 0 Å². The lowest BCUT2D eigenvalue weighted by Gasteiger charge is -2.02. The van der Waals surface area contributed by atoms with Crippen LogP contribution < -0.4 is 5.32 Å². The zero-order valence-corrected chi connectivity index (χ0v) is 39.5. The van der Waals surface area contributed by atoms with Crippen LogP contribution >= 0.6 is 92.2 Å². The predicted octanol–water partition coefficient (Wildman–Crippen LogP) is 14.5. The molecule has 1 aromatic carbocycles. The molecule has 0 aliphatic carbocycles. The maximum atomic E-state index is 10.1. The summed E-state index contributed by atoms with van der Waals surface area (Å²) < 4.78 is 0. The first-order valence-corrected chi connectivity index (χ1v) is 28.5. The van der Waals surface area contributed by atoms with Gasteiger partial charge < -0.3 is 5.32 Å². The Morgan fingerprint density at radius 2 is 0.902 bits per heavy atom. The summed E-state index contributed by atoms with van der Waals surface area (Å²) in [6.45, 7) is 17.6. The van der Waals surface area contributed by atoms with E-state index in [4.69, 9.17) is 0 Å². The molecule has 0 atom stereocenters. The van der Waals surface area contributed by atoms with Crippen molar-refractivity contribution < 1.29 is 4.92 Å². The Balaban J connectivity index is -0.000000271. The van der Waals surface area contributed by atoms with Crippen LogP contribution in [0.25, 0.3) is 0 Å². The average Bonchev–Trinajstić information content (AvgIpc) is 3.46. The maximum absolute atomic E-state index is 10.1. The zero-order chi connectivity index (χ0) is 37.6. The van der Waals surface area contributed by atoms with E-state index in [1.807, 2.05) is 52.0 Å². The minimum Gasteiger partial charge on any atom is -0.315 e. The van der Waals surface area contributed by atoms with Crippen LogP contribution in [0.15, 0.2) is 24.3 Å². The van der Waals surface area contributed by atoms with Gasteiger partial charge in [0.2, 0.25) is 0 Å². The first-order valence-electron chi connectivity index (χ1n) is 19.1. The van der Waals surface area contributed by atoms with E-state index in [2.05, 4.69) is 93.9 Å². The smallest absolute Gasteiger partial charge is 0.269 e. The van der Waals surface area contributed by atoms with Crippen molar-refractivity contribution in [2.24, 2.45) is 0 Å². The van der Waals surface area contributed by atoms with Gasteiger partial charge in [0, 0.05) is 48.2 Å². The lowest BCUT2D eigenvalue weighted by atomic mass is 10.2. The van der Waals surface area contributed by atoms with Crippen LogP contribution in [0.5, 0.6) is 0 Å². The molecule has 0 unspecified atom stereocenters. The molecule has 306 valence electrons. The SMILES string of the molecule is C.C1CCSSCC1.CCSCCCCCSCC.CCSCCCCCSCC.CCSCCNCCSCC.Cc1ccc([N+](=O)[O-])cc1. The first kappa shape index (κ1) is 59.1. The van der Waals surface area contributed by atoms with E-state index in [0.717, 1.165) is 5.56 Å². The number of unbranched alkanes of at least 4 members (excludes halogenated alkanes) is 4. The van der Waals surface area contributed by atoms with Crippen molar-refractivity contribution in [3.8, 4) is 0 Å². The van der Waals surface area contributed by atoms with Crippen molar-refractivity contribution in [3.05, 3.63) is 39.9 Å². The van der Waals surface area contributed by atoms with Gasteiger partial charge in [0.15, 0.2) is 0 Å². The van der Waals surface area contributed by atoms with Crippen molar-refractivity contribution >= 4 is 97.8 Å². The first-order chi connectivity index (χ1) is 24.4. The summed E-state index contributed by atoms with van der Waals surface area (Å²) in [5.74, 6) is 18.4. The molecular formula is C39H80N2O2S8. The molecule has 12 heteroatoms. The highest BCUT2D eigenvalue weighted by molar-refractivity contribution is 8.76. The van der Waals surface area contributed by atoms with Gasteiger partial charge in [-0.25, -0.2) is 0 Å². The molecule has 1 aliphatic heterocycles. The Kier molecular flexibility index (Phi) is 64.5. The van der Waals surface area contributed by atoms with Crippen LogP contribution in [0, 0.1) is 17.0 Å². The van der Waals surface area contributed by atoms with E-state index in [-0.39, 0.29) is 13.1 Å². The summed E-state index contributed by atoms with van der Waals surface area (Å²) in [4.78, 5) is 9.71. The lowest BCUT2D eigenvalue weighted by Crippen LogP contribution is -2.20. The van der Waals surface area contributed by atoms with E-state index >= 15 is 0 Å². The van der Waals surface area contributed by atoms with Crippen LogP contribution in [-0.2, 0) is 0 Å². The summed E-state index contributed by atoms with van der Waals surface area (Å²) in [6, 6.07) is 6.43. The highest BCUT2D eigenvalue weighted by Gasteiger charge is 2.01. The van der Waals surface area contributed by atoms with Gasteiger partial charge >= 0.3 is 0 Å². The van der Waals surface area contributed by atoms with Gasteiger partial charge in [-0.15, -0.1) is 0 Å². The van der Waals surface area contributed by atoms with Gasteiger partial charge in [-0.3, -0.25) is 10.1 Å².